The third kappa shape index (κ3) is 2.25. The molecule has 4 aliphatic carbocycles. The van der Waals surface area contributed by atoms with Gasteiger partial charge in [0.05, 0.1) is 11.5 Å². The van der Waals surface area contributed by atoms with Crippen LogP contribution in [0.4, 0.5) is 0 Å². The van der Waals surface area contributed by atoms with E-state index >= 15 is 0 Å². The second-order valence-corrected chi connectivity index (χ2v) is 9.27. The molecule has 1 amide bonds. The van der Waals surface area contributed by atoms with Gasteiger partial charge in [-0.05, 0) is 81.6 Å². The summed E-state index contributed by atoms with van der Waals surface area (Å²) in [5.74, 6) is 3.06. The van der Waals surface area contributed by atoms with Crippen molar-refractivity contribution >= 4 is 5.91 Å². The van der Waals surface area contributed by atoms with Crippen LogP contribution in [0.25, 0.3) is 0 Å². The standard InChI is InChI=1S/C22H29NO/c1-15-4-2-5-19(8-15)20-6-3-7-23(20)21(24)22-12-16-9-17(13-22)11-18(10-16)14-22/h2,4-5,8,16-18,20H,3,6-7,9-14H2,1H3/t16?,17?,18?,20-,22?/m1/s1. The molecule has 6 rings (SSSR count). The third-order valence-corrected chi connectivity index (χ3v) is 7.43. The van der Waals surface area contributed by atoms with Crippen LogP contribution < -0.4 is 0 Å². The van der Waals surface area contributed by atoms with Crippen molar-refractivity contribution in [2.75, 3.05) is 6.54 Å². The van der Waals surface area contributed by atoms with E-state index in [-0.39, 0.29) is 5.41 Å². The molecule has 5 fully saturated rings. The molecule has 4 saturated carbocycles. The Bertz CT molecular complexity index is 628. The van der Waals surface area contributed by atoms with Crippen molar-refractivity contribution in [1.82, 2.24) is 4.90 Å². The molecule has 0 spiro atoms. The molecule has 1 aliphatic heterocycles. The van der Waals surface area contributed by atoms with E-state index in [9.17, 15) is 4.79 Å². The van der Waals surface area contributed by atoms with Gasteiger partial charge in [-0.3, -0.25) is 4.79 Å². The Hall–Kier alpha value is -1.31. The van der Waals surface area contributed by atoms with Gasteiger partial charge in [0.1, 0.15) is 0 Å². The molecule has 1 atom stereocenters. The number of likely N-dealkylation sites (tertiary alicyclic amines) is 1. The van der Waals surface area contributed by atoms with Gasteiger partial charge in [-0.15, -0.1) is 0 Å². The fourth-order valence-corrected chi connectivity index (χ4v) is 6.91. The Labute approximate surface area is 145 Å². The highest BCUT2D eigenvalue weighted by atomic mass is 16.2. The van der Waals surface area contributed by atoms with Gasteiger partial charge >= 0.3 is 0 Å². The first kappa shape index (κ1) is 15.0. The molecule has 1 saturated heterocycles. The minimum absolute atomic E-state index is 0.0150. The first-order valence-corrected chi connectivity index (χ1v) is 10.0. The number of carbonyl (C=O) groups excluding carboxylic acids is 1. The number of rotatable bonds is 2. The molecular weight excluding hydrogens is 294 g/mol. The molecule has 0 aromatic heterocycles. The molecule has 5 aliphatic rings. The molecule has 2 nitrogen and oxygen atoms in total. The lowest BCUT2D eigenvalue weighted by Crippen LogP contribution is -2.54. The summed E-state index contributed by atoms with van der Waals surface area (Å²) >= 11 is 0. The molecule has 1 aromatic rings. The molecule has 24 heavy (non-hydrogen) atoms. The van der Waals surface area contributed by atoms with E-state index in [2.05, 4.69) is 36.1 Å². The number of carbonyl (C=O) groups is 1. The van der Waals surface area contributed by atoms with E-state index in [1.165, 1.54) is 49.7 Å². The molecule has 0 radical (unpaired) electrons. The fraction of sp³-hybridized carbons (Fsp3) is 0.682. The lowest BCUT2D eigenvalue weighted by molar-refractivity contribution is -0.158. The summed E-state index contributed by atoms with van der Waals surface area (Å²) in [5.41, 5.74) is 2.67. The summed E-state index contributed by atoms with van der Waals surface area (Å²) in [6.45, 7) is 3.13. The maximum atomic E-state index is 13.7. The van der Waals surface area contributed by atoms with Crippen LogP contribution >= 0.6 is 0 Å². The van der Waals surface area contributed by atoms with E-state index < -0.39 is 0 Å². The van der Waals surface area contributed by atoms with Crippen molar-refractivity contribution in [3.05, 3.63) is 35.4 Å². The first-order chi connectivity index (χ1) is 11.6. The second kappa shape index (κ2) is 5.34. The number of amides is 1. The Kier molecular flexibility index (Phi) is 3.34. The maximum Gasteiger partial charge on any atom is 0.229 e. The molecule has 1 heterocycles. The SMILES string of the molecule is Cc1cccc([C@H]2CCCN2C(=O)C23CC4CC(CC(C4)C2)C3)c1. The summed E-state index contributed by atoms with van der Waals surface area (Å²) in [6, 6.07) is 9.14. The second-order valence-electron chi connectivity index (χ2n) is 9.27. The summed E-state index contributed by atoms with van der Waals surface area (Å²) in [7, 11) is 0. The van der Waals surface area contributed by atoms with Crippen LogP contribution in [0.1, 0.15) is 68.5 Å². The van der Waals surface area contributed by atoms with E-state index in [1.807, 2.05) is 0 Å². The van der Waals surface area contributed by atoms with Crippen molar-refractivity contribution < 1.29 is 4.79 Å². The highest BCUT2D eigenvalue weighted by molar-refractivity contribution is 5.84. The van der Waals surface area contributed by atoms with Crippen LogP contribution in [-0.2, 0) is 4.79 Å². The topological polar surface area (TPSA) is 20.3 Å². The van der Waals surface area contributed by atoms with Crippen molar-refractivity contribution in [2.45, 2.75) is 64.3 Å². The van der Waals surface area contributed by atoms with Crippen LogP contribution in [0.2, 0.25) is 0 Å². The normalized spacial score (nSPS) is 40.3. The Balaban J connectivity index is 1.44. The van der Waals surface area contributed by atoms with Crippen molar-refractivity contribution in [3.8, 4) is 0 Å². The van der Waals surface area contributed by atoms with Crippen molar-refractivity contribution in [2.24, 2.45) is 23.2 Å². The largest absolute Gasteiger partial charge is 0.335 e. The average molecular weight is 323 g/mol. The molecular formula is C22H29NO. The molecule has 0 N–H and O–H groups in total. The molecule has 1 aromatic carbocycles. The van der Waals surface area contributed by atoms with Crippen LogP contribution in [0.5, 0.6) is 0 Å². The monoisotopic (exact) mass is 323 g/mol. The van der Waals surface area contributed by atoms with Gasteiger partial charge in [0.15, 0.2) is 0 Å². The minimum atomic E-state index is 0.0150. The highest BCUT2D eigenvalue weighted by Gasteiger charge is 2.56. The number of benzene rings is 1. The van der Waals surface area contributed by atoms with Crippen LogP contribution in [0.3, 0.4) is 0 Å². The zero-order valence-corrected chi connectivity index (χ0v) is 14.8. The lowest BCUT2D eigenvalue weighted by atomic mass is 9.49. The summed E-state index contributed by atoms with van der Waals surface area (Å²) in [6.07, 6.45) is 10.1. The van der Waals surface area contributed by atoms with Crippen LogP contribution in [0, 0.1) is 30.1 Å². The summed E-state index contributed by atoms with van der Waals surface area (Å²) < 4.78 is 0. The third-order valence-electron chi connectivity index (χ3n) is 7.43. The highest BCUT2D eigenvalue weighted by Crippen LogP contribution is 2.61. The zero-order chi connectivity index (χ0) is 16.3. The molecule has 2 heteroatoms. The van der Waals surface area contributed by atoms with Gasteiger partial charge < -0.3 is 4.90 Å². The molecule has 0 unspecified atom stereocenters. The Morgan fingerprint density at radius 3 is 2.38 bits per heavy atom. The first-order valence-electron chi connectivity index (χ1n) is 10.0. The van der Waals surface area contributed by atoms with Gasteiger partial charge in [-0.25, -0.2) is 0 Å². The Morgan fingerprint density at radius 1 is 1.08 bits per heavy atom. The van der Waals surface area contributed by atoms with Gasteiger partial charge in [0, 0.05) is 6.54 Å². The number of nitrogens with zero attached hydrogens (tertiary/aromatic N) is 1. The average Bonchev–Trinajstić information content (AvgIpc) is 3.02. The minimum Gasteiger partial charge on any atom is -0.335 e. The van der Waals surface area contributed by atoms with Crippen LogP contribution in [-0.4, -0.2) is 17.4 Å². The Morgan fingerprint density at radius 2 is 1.75 bits per heavy atom. The quantitative estimate of drug-likeness (QED) is 0.760. The van der Waals surface area contributed by atoms with Gasteiger partial charge in [-0.1, -0.05) is 29.8 Å². The molecule has 4 bridgehead atoms. The van der Waals surface area contributed by atoms with E-state index in [4.69, 9.17) is 0 Å². The predicted molar refractivity (Wildman–Crippen MR) is 95.5 cm³/mol. The van der Waals surface area contributed by atoms with E-state index in [0.29, 0.717) is 11.9 Å². The smallest absolute Gasteiger partial charge is 0.229 e. The lowest BCUT2D eigenvalue weighted by Gasteiger charge is -2.56. The number of aryl methyl sites for hydroxylation is 1. The maximum absolute atomic E-state index is 13.7. The van der Waals surface area contributed by atoms with Gasteiger partial charge in [0.2, 0.25) is 5.91 Å². The van der Waals surface area contributed by atoms with Gasteiger partial charge in [0.25, 0.3) is 0 Å². The fourth-order valence-electron chi connectivity index (χ4n) is 6.91. The zero-order valence-electron chi connectivity index (χ0n) is 14.8. The van der Waals surface area contributed by atoms with Crippen LogP contribution in [0.15, 0.2) is 24.3 Å². The van der Waals surface area contributed by atoms with E-state index in [0.717, 1.165) is 37.1 Å². The molecule has 128 valence electrons. The number of hydrogen-bond donors (Lipinski definition) is 0. The van der Waals surface area contributed by atoms with Gasteiger partial charge in [-0.2, -0.15) is 0 Å². The van der Waals surface area contributed by atoms with Crippen molar-refractivity contribution in [1.29, 1.82) is 0 Å². The van der Waals surface area contributed by atoms with E-state index in [1.54, 1.807) is 0 Å². The van der Waals surface area contributed by atoms with Crippen molar-refractivity contribution in [3.63, 3.8) is 0 Å². The predicted octanol–water partition coefficient (Wildman–Crippen LogP) is 4.87. The summed E-state index contributed by atoms with van der Waals surface area (Å²) in [5, 5.41) is 0. The summed E-state index contributed by atoms with van der Waals surface area (Å²) in [4.78, 5) is 16.0. The number of hydrogen-bond acceptors (Lipinski definition) is 1.